The highest BCUT2D eigenvalue weighted by atomic mass is 35.5. The molecule has 0 unspecified atom stereocenters. The zero-order valence-electron chi connectivity index (χ0n) is 12.5. The third-order valence-corrected chi connectivity index (χ3v) is 4.26. The molecule has 0 atom stereocenters. The van der Waals surface area contributed by atoms with Crippen molar-refractivity contribution in [2.24, 2.45) is 0 Å². The fraction of sp³-hybridized carbons (Fsp3) is 0.235. The number of allylic oxidation sites excluding steroid dienone is 1. The number of halogens is 1. The van der Waals surface area contributed by atoms with Gasteiger partial charge in [0.05, 0.1) is 22.9 Å². The molecule has 2 rings (SSSR count). The van der Waals surface area contributed by atoms with E-state index in [4.69, 9.17) is 21.1 Å². The molecule has 0 saturated carbocycles. The van der Waals surface area contributed by atoms with E-state index in [1.165, 1.54) is 11.3 Å². The first-order valence-electron chi connectivity index (χ1n) is 6.86. The smallest absolute Gasteiger partial charge is 0.195 e. The Balaban J connectivity index is 2.14. The van der Waals surface area contributed by atoms with Crippen molar-refractivity contribution in [1.82, 2.24) is 0 Å². The molecule has 1 heterocycles. The third kappa shape index (κ3) is 4.44. The molecule has 0 bridgehead atoms. The van der Waals surface area contributed by atoms with Crippen molar-refractivity contribution in [3.63, 3.8) is 0 Å². The van der Waals surface area contributed by atoms with E-state index in [0.717, 1.165) is 16.9 Å². The molecule has 0 aliphatic heterocycles. The Labute approximate surface area is 139 Å². The number of thiophene rings is 1. The van der Waals surface area contributed by atoms with E-state index >= 15 is 0 Å². The van der Waals surface area contributed by atoms with Gasteiger partial charge in [0.25, 0.3) is 0 Å². The molecule has 1 aromatic carbocycles. The predicted octanol–water partition coefficient (Wildman–Crippen LogP) is 4.84. The molecular formula is C17H17ClO3S. The highest BCUT2D eigenvalue weighted by Crippen LogP contribution is 2.24. The third-order valence-electron chi connectivity index (χ3n) is 3.01. The Morgan fingerprint density at radius 2 is 2.14 bits per heavy atom. The normalized spacial score (nSPS) is 11.0. The van der Waals surface area contributed by atoms with Gasteiger partial charge in [-0.1, -0.05) is 23.7 Å². The quantitative estimate of drug-likeness (QED) is 0.536. The van der Waals surface area contributed by atoms with Crippen LogP contribution in [0.5, 0.6) is 5.75 Å². The first kappa shape index (κ1) is 16.7. The van der Waals surface area contributed by atoms with E-state index in [1.807, 2.05) is 25.1 Å². The number of ether oxygens (including phenoxy) is 2. The van der Waals surface area contributed by atoms with Crippen LogP contribution in [0.1, 0.15) is 27.7 Å². The summed E-state index contributed by atoms with van der Waals surface area (Å²) in [6, 6.07) is 9.19. The van der Waals surface area contributed by atoms with Crippen LogP contribution in [-0.2, 0) is 11.3 Å². The Morgan fingerprint density at radius 3 is 2.77 bits per heavy atom. The maximum Gasteiger partial charge on any atom is 0.195 e. The van der Waals surface area contributed by atoms with Crippen LogP contribution in [0.3, 0.4) is 0 Å². The number of rotatable bonds is 7. The zero-order valence-corrected chi connectivity index (χ0v) is 14.0. The van der Waals surface area contributed by atoms with Crippen molar-refractivity contribution < 1.29 is 14.3 Å². The summed E-state index contributed by atoms with van der Waals surface area (Å²) < 4.78 is 11.4. The molecule has 0 aliphatic carbocycles. The number of carbonyl (C=O) groups is 1. The van der Waals surface area contributed by atoms with Crippen LogP contribution in [0.2, 0.25) is 4.34 Å². The zero-order chi connectivity index (χ0) is 15.9. The second kappa shape index (κ2) is 8.13. The Kier molecular flexibility index (Phi) is 6.19. The highest BCUT2D eigenvalue weighted by molar-refractivity contribution is 7.18. The monoisotopic (exact) mass is 336 g/mol. The summed E-state index contributed by atoms with van der Waals surface area (Å²) in [6.07, 6.45) is 3.33. The van der Waals surface area contributed by atoms with Crippen LogP contribution in [-0.4, -0.2) is 19.5 Å². The minimum Gasteiger partial charge on any atom is -0.496 e. The van der Waals surface area contributed by atoms with E-state index in [-0.39, 0.29) is 5.78 Å². The van der Waals surface area contributed by atoms with Gasteiger partial charge in [-0.2, -0.15) is 0 Å². The second-order valence-corrected chi connectivity index (χ2v) is 6.22. The molecule has 2 aromatic rings. The number of benzene rings is 1. The minimum atomic E-state index is -0.0564. The van der Waals surface area contributed by atoms with Gasteiger partial charge in [-0.05, 0) is 42.8 Å². The van der Waals surface area contributed by atoms with Gasteiger partial charge in [0.2, 0.25) is 0 Å². The van der Waals surface area contributed by atoms with Gasteiger partial charge < -0.3 is 9.47 Å². The standard InChI is InChI=1S/C17H17ClO3S/c1-3-21-11-13-10-12(5-7-15(13)20-2)4-6-14(19)16-8-9-17(18)22-16/h4-10H,3,11H2,1-2H3/b6-4+. The summed E-state index contributed by atoms with van der Waals surface area (Å²) in [5.41, 5.74) is 1.88. The lowest BCUT2D eigenvalue weighted by Crippen LogP contribution is -1.97. The topological polar surface area (TPSA) is 35.5 Å². The molecule has 3 nitrogen and oxygen atoms in total. The van der Waals surface area contributed by atoms with Crippen LogP contribution in [0.25, 0.3) is 6.08 Å². The first-order chi connectivity index (χ1) is 10.6. The maximum absolute atomic E-state index is 12.0. The van der Waals surface area contributed by atoms with Gasteiger partial charge in [0.15, 0.2) is 5.78 Å². The van der Waals surface area contributed by atoms with Gasteiger partial charge in [-0.3, -0.25) is 4.79 Å². The molecular weight excluding hydrogens is 320 g/mol. The molecule has 1 aromatic heterocycles. The van der Waals surface area contributed by atoms with Crippen molar-refractivity contribution in [3.05, 3.63) is 56.7 Å². The number of ketones is 1. The van der Waals surface area contributed by atoms with Crippen molar-refractivity contribution in [2.45, 2.75) is 13.5 Å². The van der Waals surface area contributed by atoms with Crippen LogP contribution in [0.15, 0.2) is 36.4 Å². The van der Waals surface area contributed by atoms with Crippen LogP contribution < -0.4 is 4.74 Å². The highest BCUT2D eigenvalue weighted by Gasteiger charge is 2.06. The summed E-state index contributed by atoms with van der Waals surface area (Å²) in [7, 11) is 1.63. The second-order valence-electron chi connectivity index (χ2n) is 4.51. The van der Waals surface area contributed by atoms with E-state index in [9.17, 15) is 4.79 Å². The van der Waals surface area contributed by atoms with Crippen molar-refractivity contribution in [3.8, 4) is 5.75 Å². The molecule has 5 heteroatoms. The molecule has 0 saturated heterocycles. The Morgan fingerprint density at radius 1 is 1.32 bits per heavy atom. The molecule has 0 amide bonds. The first-order valence-corrected chi connectivity index (χ1v) is 8.06. The van der Waals surface area contributed by atoms with Gasteiger partial charge in [-0.25, -0.2) is 0 Å². The molecule has 0 N–H and O–H groups in total. The van der Waals surface area contributed by atoms with Crippen LogP contribution >= 0.6 is 22.9 Å². The average molecular weight is 337 g/mol. The summed E-state index contributed by atoms with van der Waals surface area (Å²) in [5.74, 6) is 0.723. The summed E-state index contributed by atoms with van der Waals surface area (Å²) in [4.78, 5) is 12.7. The van der Waals surface area contributed by atoms with E-state index in [0.29, 0.717) is 22.4 Å². The van der Waals surface area contributed by atoms with Crippen LogP contribution in [0, 0.1) is 0 Å². The average Bonchev–Trinajstić information content (AvgIpc) is 2.97. The molecule has 22 heavy (non-hydrogen) atoms. The summed E-state index contributed by atoms with van der Waals surface area (Å²) >= 11 is 7.11. The van der Waals surface area contributed by atoms with Gasteiger partial charge in [0.1, 0.15) is 5.75 Å². The van der Waals surface area contributed by atoms with Gasteiger partial charge in [-0.15, -0.1) is 11.3 Å². The largest absolute Gasteiger partial charge is 0.496 e. The maximum atomic E-state index is 12.0. The molecule has 0 fully saturated rings. The van der Waals surface area contributed by atoms with Gasteiger partial charge >= 0.3 is 0 Å². The molecule has 0 radical (unpaired) electrons. The molecule has 0 aliphatic rings. The van der Waals surface area contributed by atoms with Crippen molar-refractivity contribution >= 4 is 34.8 Å². The van der Waals surface area contributed by atoms with E-state index in [2.05, 4.69) is 0 Å². The predicted molar refractivity (Wildman–Crippen MR) is 91.0 cm³/mol. The minimum absolute atomic E-state index is 0.0564. The number of carbonyl (C=O) groups excluding carboxylic acids is 1. The molecule has 116 valence electrons. The lowest BCUT2D eigenvalue weighted by Gasteiger charge is -2.09. The SMILES string of the molecule is CCOCc1cc(/C=C/C(=O)c2ccc(Cl)s2)ccc1OC. The lowest BCUT2D eigenvalue weighted by atomic mass is 10.1. The van der Waals surface area contributed by atoms with Crippen molar-refractivity contribution in [2.75, 3.05) is 13.7 Å². The Bertz CT molecular complexity index is 676. The van der Waals surface area contributed by atoms with E-state index < -0.39 is 0 Å². The van der Waals surface area contributed by atoms with Crippen LogP contribution in [0.4, 0.5) is 0 Å². The van der Waals surface area contributed by atoms with Crippen molar-refractivity contribution in [1.29, 1.82) is 0 Å². The number of hydrogen-bond acceptors (Lipinski definition) is 4. The molecule has 0 spiro atoms. The lowest BCUT2D eigenvalue weighted by molar-refractivity contribution is 0.105. The number of methoxy groups -OCH3 is 1. The number of hydrogen-bond donors (Lipinski definition) is 0. The summed E-state index contributed by atoms with van der Waals surface area (Å²) in [5, 5.41) is 0. The fourth-order valence-corrected chi connectivity index (χ4v) is 2.89. The summed E-state index contributed by atoms with van der Waals surface area (Å²) in [6.45, 7) is 3.07. The fourth-order valence-electron chi connectivity index (χ4n) is 1.93. The van der Waals surface area contributed by atoms with Gasteiger partial charge in [0, 0.05) is 12.2 Å². The Hall–Kier alpha value is -1.62. The van der Waals surface area contributed by atoms with E-state index in [1.54, 1.807) is 31.4 Å².